The first-order valence-corrected chi connectivity index (χ1v) is 10.2. The number of nitriles is 1. The number of likely N-dealkylation sites (tertiary alicyclic amines) is 1. The SMILES string of the molecule is N#Cc1ccc(-c2ccc(C(=O)NC[C@H]3CCN(C4CCCC4)C3)cc2)cn1. The standard InChI is InChI=1S/C23H26N4O/c24-13-21-10-9-20(15-25-21)18-5-7-19(8-6-18)23(28)26-14-17-11-12-27(16-17)22-3-1-2-4-22/h5-10,15,17,22H,1-4,11-12,14,16H2,(H,26,28)/t17-/m1/s1. The van der Waals surface area contributed by atoms with Gasteiger partial charge in [-0.25, -0.2) is 4.98 Å². The van der Waals surface area contributed by atoms with Gasteiger partial charge in [-0.3, -0.25) is 4.79 Å². The van der Waals surface area contributed by atoms with E-state index in [1.165, 1.54) is 38.6 Å². The zero-order valence-corrected chi connectivity index (χ0v) is 16.1. The van der Waals surface area contributed by atoms with Crippen molar-refractivity contribution < 1.29 is 4.79 Å². The van der Waals surface area contributed by atoms with Crippen LogP contribution in [-0.2, 0) is 0 Å². The van der Waals surface area contributed by atoms with Crippen LogP contribution in [-0.4, -0.2) is 41.5 Å². The van der Waals surface area contributed by atoms with E-state index in [1.807, 2.05) is 36.4 Å². The van der Waals surface area contributed by atoms with Crippen LogP contribution in [0.15, 0.2) is 42.6 Å². The number of carbonyl (C=O) groups excluding carboxylic acids is 1. The molecule has 4 rings (SSSR count). The lowest BCUT2D eigenvalue weighted by molar-refractivity contribution is 0.0947. The van der Waals surface area contributed by atoms with Gasteiger partial charge in [-0.1, -0.05) is 25.0 Å². The first-order chi connectivity index (χ1) is 13.7. The molecule has 2 heterocycles. The molecule has 5 nitrogen and oxygen atoms in total. The van der Waals surface area contributed by atoms with Crippen molar-refractivity contribution in [1.82, 2.24) is 15.2 Å². The molecule has 2 fully saturated rings. The summed E-state index contributed by atoms with van der Waals surface area (Å²) in [6, 6.07) is 13.9. The Bertz CT molecular complexity index is 848. The van der Waals surface area contributed by atoms with Crippen LogP contribution in [0.25, 0.3) is 11.1 Å². The molecule has 1 saturated carbocycles. The van der Waals surface area contributed by atoms with Crippen LogP contribution in [0.2, 0.25) is 0 Å². The van der Waals surface area contributed by atoms with Crippen molar-refractivity contribution in [3.8, 4) is 17.2 Å². The molecule has 1 aliphatic heterocycles. The van der Waals surface area contributed by atoms with Crippen molar-refractivity contribution in [3.05, 3.63) is 53.9 Å². The zero-order chi connectivity index (χ0) is 19.3. The predicted octanol–water partition coefficient (Wildman–Crippen LogP) is 3.61. The van der Waals surface area contributed by atoms with Crippen LogP contribution in [0.1, 0.15) is 48.2 Å². The lowest BCUT2D eigenvalue weighted by Gasteiger charge is -2.23. The topological polar surface area (TPSA) is 69.0 Å². The maximum absolute atomic E-state index is 12.5. The molecule has 0 spiro atoms. The van der Waals surface area contributed by atoms with Crippen molar-refractivity contribution in [1.29, 1.82) is 5.26 Å². The number of amides is 1. The molecule has 28 heavy (non-hydrogen) atoms. The molecule has 1 N–H and O–H groups in total. The van der Waals surface area contributed by atoms with E-state index in [1.54, 1.807) is 12.3 Å². The predicted molar refractivity (Wildman–Crippen MR) is 109 cm³/mol. The van der Waals surface area contributed by atoms with Crippen LogP contribution in [0.3, 0.4) is 0 Å². The van der Waals surface area contributed by atoms with Crippen LogP contribution in [0.5, 0.6) is 0 Å². The van der Waals surface area contributed by atoms with Crippen molar-refractivity contribution in [2.24, 2.45) is 5.92 Å². The fraction of sp³-hybridized carbons (Fsp3) is 0.435. The van der Waals surface area contributed by atoms with Gasteiger partial charge < -0.3 is 10.2 Å². The number of carbonyl (C=O) groups is 1. The highest BCUT2D eigenvalue weighted by Gasteiger charge is 2.29. The van der Waals surface area contributed by atoms with E-state index >= 15 is 0 Å². The number of hydrogen-bond acceptors (Lipinski definition) is 4. The van der Waals surface area contributed by atoms with Crippen molar-refractivity contribution in [2.75, 3.05) is 19.6 Å². The Morgan fingerprint density at radius 2 is 1.86 bits per heavy atom. The summed E-state index contributed by atoms with van der Waals surface area (Å²) in [4.78, 5) is 19.2. The van der Waals surface area contributed by atoms with Crippen molar-refractivity contribution in [2.45, 2.75) is 38.1 Å². The monoisotopic (exact) mass is 374 g/mol. The second kappa shape index (κ2) is 8.53. The van der Waals surface area contributed by atoms with Gasteiger partial charge in [0.1, 0.15) is 11.8 Å². The average Bonchev–Trinajstić information content (AvgIpc) is 3.44. The van der Waals surface area contributed by atoms with Gasteiger partial charge in [-0.15, -0.1) is 0 Å². The number of benzene rings is 1. The Labute approximate surface area is 166 Å². The Morgan fingerprint density at radius 3 is 2.54 bits per heavy atom. The summed E-state index contributed by atoms with van der Waals surface area (Å²) in [6.45, 7) is 3.05. The van der Waals surface area contributed by atoms with E-state index in [0.29, 0.717) is 17.2 Å². The third-order valence-corrected chi connectivity index (χ3v) is 6.07. The average molecular weight is 374 g/mol. The van der Waals surface area contributed by atoms with E-state index in [9.17, 15) is 4.79 Å². The van der Waals surface area contributed by atoms with Gasteiger partial charge in [-0.2, -0.15) is 5.26 Å². The third kappa shape index (κ3) is 4.23. The van der Waals surface area contributed by atoms with E-state index in [0.717, 1.165) is 30.3 Å². The molecule has 0 radical (unpaired) electrons. The van der Waals surface area contributed by atoms with Gasteiger partial charge >= 0.3 is 0 Å². The van der Waals surface area contributed by atoms with Gasteiger partial charge in [0.05, 0.1) is 0 Å². The minimum Gasteiger partial charge on any atom is -0.352 e. The lowest BCUT2D eigenvalue weighted by atomic mass is 10.0. The molecule has 0 unspecified atom stereocenters. The molecule has 1 aromatic heterocycles. The first-order valence-electron chi connectivity index (χ1n) is 10.2. The summed E-state index contributed by atoms with van der Waals surface area (Å²) < 4.78 is 0. The fourth-order valence-corrected chi connectivity index (χ4v) is 4.41. The molecule has 5 heteroatoms. The highest BCUT2D eigenvalue weighted by atomic mass is 16.1. The maximum Gasteiger partial charge on any atom is 0.251 e. The molecule has 144 valence electrons. The zero-order valence-electron chi connectivity index (χ0n) is 16.1. The van der Waals surface area contributed by atoms with Gasteiger partial charge in [0.15, 0.2) is 0 Å². The number of nitrogens with zero attached hydrogens (tertiary/aromatic N) is 3. The summed E-state index contributed by atoms with van der Waals surface area (Å²) in [7, 11) is 0. The Kier molecular flexibility index (Phi) is 5.68. The van der Waals surface area contributed by atoms with Crippen molar-refractivity contribution >= 4 is 5.91 Å². The Hall–Kier alpha value is -2.71. The van der Waals surface area contributed by atoms with Gasteiger partial charge in [0.25, 0.3) is 5.91 Å². The minimum atomic E-state index is -0.0104. The third-order valence-electron chi connectivity index (χ3n) is 6.07. The molecular weight excluding hydrogens is 348 g/mol. The van der Waals surface area contributed by atoms with E-state index < -0.39 is 0 Å². The van der Waals surface area contributed by atoms with Crippen LogP contribution >= 0.6 is 0 Å². The molecule has 1 aliphatic carbocycles. The normalized spacial score (nSPS) is 20.2. The van der Waals surface area contributed by atoms with E-state index in [-0.39, 0.29) is 5.91 Å². The highest BCUT2D eigenvalue weighted by molar-refractivity contribution is 5.94. The molecular formula is C23H26N4O. The van der Waals surface area contributed by atoms with Crippen molar-refractivity contribution in [3.63, 3.8) is 0 Å². The molecule has 1 atom stereocenters. The van der Waals surface area contributed by atoms with Gasteiger partial charge in [0, 0.05) is 36.5 Å². The highest BCUT2D eigenvalue weighted by Crippen LogP contribution is 2.28. The molecule has 0 bridgehead atoms. The van der Waals surface area contributed by atoms with E-state index in [4.69, 9.17) is 5.26 Å². The maximum atomic E-state index is 12.5. The molecule has 2 aliphatic rings. The number of aromatic nitrogens is 1. The smallest absolute Gasteiger partial charge is 0.251 e. The summed E-state index contributed by atoms with van der Waals surface area (Å²) >= 11 is 0. The number of nitrogens with one attached hydrogen (secondary N) is 1. The summed E-state index contributed by atoms with van der Waals surface area (Å²) in [5.74, 6) is 0.553. The minimum absolute atomic E-state index is 0.0104. The Balaban J connectivity index is 1.29. The van der Waals surface area contributed by atoms with Crippen LogP contribution in [0, 0.1) is 17.2 Å². The second-order valence-electron chi connectivity index (χ2n) is 7.92. The summed E-state index contributed by atoms with van der Waals surface area (Å²) in [5, 5.41) is 11.9. The summed E-state index contributed by atoms with van der Waals surface area (Å²) in [5.41, 5.74) is 3.00. The largest absolute Gasteiger partial charge is 0.352 e. The number of pyridine rings is 1. The summed E-state index contributed by atoms with van der Waals surface area (Å²) in [6.07, 6.45) is 8.31. The Morgan fingerprint density at radius 1 is 1.11 bits per heavy atom. The number of hydrogen-bond donors (Lipinski definition) is 1. The van der Waals surface area contributed by atoms with E-state index in [2.05, 4.69) is 15.2 Å². The second-order valence-corrected chi connectivity index (χ2v) is 7.92. The number of rotatable bonds is 5. The first kappa shape index (κ1) is 18.6. The molecule has 1 amide bonds. The van der Waals surface area contributed by atoms with Gasteiger partial charge in [0.2, 0.25) is 0 Å². The van der Waals surface area contributed by atoms with Gasteiger partial charge in [-0.05, 0) is 61.6 Å². The molecule has 1 saturated heterocycles. The lowest BCUT2D eigenvalue weighted by Crippen LogP contribution is -2.34. The quantitative estimate of drug-likeness (QED) is 0.868. The fourth-order valence-electron chi connectivity index (χ4n) is 4.41. The molecule has 1 aromatic carbocycles. The molecule has 2 aromatic rings. The van der Waals surface area contributed by atoms with Crippen LogP contribution in [0.4, 0.5) is 0 Å². The van der Waals surface area contributed by atoms with Crippen LogP contribution < -0.4 is 5.32 Å².